The third kappa shape index (κ3) is 4.66. The summed E-state index contributed by atoms with van der Waals surface area (Å²) in [7, 11) is 0. The van der Waals surface area contributed by atoms with Crippen LogP contribution in [0.5, 0.6) is 5.75 Å². The number of fused-ring (bicyclic) bond motifs is 4. The van der Waals surface area contributed by atoms with Crippen molar-refractivity contribution in [2.24, 2.45) is 5.92 Å². The normalized spacial score (nSPS) is 18.5. The summed E-state index contributed by atoms with van der Waals surface area (Å²) in [6.07, 6.45) is 0.863. The van der Waals surface area contributed by atoms with Crippen molar-refractivity contribution in [2.45, 2.75) is 18.9 Å². The summed E-state index contributed by atoms with van der Waals surface area (Å²) >= 11 is 0. The first kappa shape index (κ1) is 21.8. The Morgan fingerprint density at radius 1 is 0.882 bits per heavy atom. The van der Waals surface area contributed by atoms with Gasteiger partial charge in [0, 0.05) is 43.0 Å². The molecule has 1 fully saturated rings. The lowest BCUT2D eigenvalue weighted by molar-refractivity contribution is -0.136. The summed E-state index contributed by atoms with van der Waals surface area (Å²) in [5.74, 6) is 0.703. The van der Waals surface area contributed by atoms with Crippen LogP contribution in [0, 0.1) is 5.92 Å². The number of para-hydroxylation sites is 2. The molecule has 174 valence electrons. The predicted molar refractivity (Wildman–Crippen MR) is 129 cm³/mol. The molecular formula is C26H26N4O4. The van der Waals surface area contributed by atoms with Crippen LogP contribution in [0.15, 0.2) is 77.6 Å². The average molecular weight is 459 g/mol. The molecule has 2 aliphatic rings. The number of carbonyl (C=O) groups excluding carboxylic acids is 2. The number of nitrogens with one attached hydrogen (secondary N) is 2. The second kappa shape index (κ2) is 9.43. The highest BCUT2D eigenvalue weighted by Gasteiger charge is 2.38. The fourth-order valence-corrected chi connectivity index (χ4v) is 4.88. The van der Waals surface area contributed by atoms with Gasteiger partial charge in [0.05, 0.1) is 5.69 Å². The van der Waals surface area contributed by atoms with Gasteiger partial charge in [-0.05, 0) is 42.7 Å². The highest BCUT2D eigenvalue weighted by atomic mass is 16.5. The van der Waals surface area contributed by atoms with E-state index in [2.05, 4.69) is 10.6 Å². The largest absolute Gasteiger partial charge is 0.484 e. The number of hydrogen-bond acceptors (Lipinski definition) is 4. The van der Waals surface area contributed by atoms with Crippen molar-refractivity contribution >= 4 is 23.3 Å². The molecule has 1 aromatic heterocycles. The topological polar surface area (TPSA) is 92.7 Å². The van der Waals surface area contributed by atoms with Gasteiger partial charge in [0.1, 0.15) is 5.75 Å². The van der Waals surface area contributed by atoms with Gasteiger partial charge in [0.15, 0.2) is 6.61 Å². The van der Waals surface area contributed by atoms with E-state index in [-0.39, 0.29) is 35.9 Å². The first-order valence-electron chi connectivity index (χ1n) is 11.4. The van der Waals surface area contributed by atoms with E-state index >= 15 is 0 Å². The summed E-state index contributed by atoms with van der Waals surface area (Å²) in [6, 6.07) is 21.2. The summed E-state index contributed by atoms with van der Waals surface area (Å²) in [6.45, 7) is 1.55. The van der Waals surface area contributed by atoms with Gasteiger partial charge >= 0.3 is 6.03 Å². The Morgan fingerprint density at radius 2 is 1.62 bits per heavy atom. The molecule has 8 nitrogen and oxygen atoms in total. The van der Waals surface area contributed by atoms with Gasteiger partial charge in [-0.3, -0.25) is 9.59 Å². The van der Waals surface area contributed by atoms with Gasteiger partial charge < -0.3 is 24.8 Å². The molecule has 0 spiro atoms. The monoisotopic (exact) mass is 458 g/mol. The lowest BCUT2D eigenvalue weighted by atomic mass is 9.82. The molecule has 8 heteroatoms. The minimum absolute atomic E-state index is 0.0321. The van der Waals surface area contributed by atoms with Gasteiger partial charge in [0.2, 0.25) is 0 Å². The molecule has 0 saturated carbocycles. The first-order chi connectivity index (χ1) is 16.6. The van der Waals surface area contributed by atoms with E-state index < -0.39 is 0 Å². The number of benzene rings is 2. The average Bonchev–Trinajstić information content (AvgIpc) is 2.85. The number of aromatic nitrogens is 1. The smallest absolute Gasteiger partial charge is 0.323 e. The van der Waals surface area contributed by atoms with E-state index in [0.29, 0.717) is 36.8 Å². The third-order valence-electron chi connectivity index (χ3n) is 6.33. The molecule has 0 radical (unpaired) electrons. The Bertz CT molecular complexity index is 1240. The van der Waals surface area contributed by atoms with Crippen LogP contribution in [0.2, 0.25) is 0 Å². The fraction of sp³-hybridized carbons (Fsp3) is 0.269. The van der Waals surface area contributed by atoms with E-state index in [9.17, 15) is 14.4 Å². The molecule has 2 bridgehead atoms. The zero-order chi connectivity index (χ0) is 23.5. The van der Waals surface area contributed by atoms with Crippen LogP contribution < -0.4 is 20.9 Å². The van der Waals surface area contributed by atoms with E-state index in [0.717, 1.165) is 12.1 Å². The second-order valence-corrected chi connectivity index (χ2v) is 8.73. The van der Waals surface area contributed by atoms with E-state index in [1.54, 1.807) is 22.8 Å². The molecule has 2 aliphatic heterocycles. The molecule has 5 rings (SSSR count). The summed E-state index contributed by atoms with van der Waals surface area (Å²) in [4.78, 5) is 40.0. The van der Waals surface area contributed by atoms with Crippen LogP contribution in [0.4, 0.5) is 16.2 Å². The SMILES string of the molecule is O=C(Nc1ccccc1)Nc1ccc(=O)n2c1[C@H]1C[C@@H](CN(C(=O)COc3ccccc3)C1)C2. The Balaban J connectivity index is 1.32. The molecule has 0 unspecified atom stereocenters. The number of nitrogens with zero attached hydrogens (tertiary/aromatic N) is 2. The van der Waals surface area contributed by atoms with Crippen molar-refractivity contribution in [2.75, 3.05) is 30.3 Å². The number of pyridine rings is 1. The number of likely N-dealkylation sites (tertiary alicyclic amines) is 1. The van der Waals surface area contributed by atoms with Gasteiger partial charge in [0.25, 0.3) is 11.5 Å². The van der Waals surface area contributed by atoms with Crippen LogP contribution in [0.25, 0.3) is 0 Å². The molecule has 2 atom stereocenters. The van der Waals surface area contributed by atoms with Crippen LogP contribution in [0.3, 0.4) is 0 Å². The lowest BCUT2D eigenvalue weighted by Gasteiger charge is -2.43. The Hall–Kier alpha value is -4.07. The minimum atomic E-state index is -0.380. The Labute approximate surface area is 197 Å². The van der Waals surface area contributed by atoms with Crippen molar-refractivity contribution in [3.8, 4) is 5.75 Å². The molecule has 2 aromatic carbocycles. The molecule has 3 amide bonds. The molecule has 34 heavy (non-hydrogen) atoms. The number of carbonyl (C=O) groups is 2. The number of ether oxygens (including phenoxy) is 1. The lowest BCUT2D eigenvalue weighted by Crippen LogP contribution is -2.50. The molecular weight excluding hydrogens is 432 g/mol. The number of rotatable bonds is 5. The van der Waals surface area contributed by atoms with Crippen molar-refractivity contribution < 1.29 is 14.3 Å². The molecule has 3 aromatic rings. The number of hydrogen-bond donors (Lipinski definition) is 2. The maximum absolute atomic E-state index is 12.9. The summed E-state index contributed by atoms with van der Waals surface area (Å²) < 4.78 is 7.40. The highest BCUT2D eigenvalue weighted by molar-refractivity contribution is 6.00. The highest BCUT2D eigenvalue weighted by Crippen LogP contribution is 2.38. The van der Waals surface area contributed by atoms with Gasteiger partial charge in [-0.1, -0.05) is 36.4 Å². The maximum atomic E-state index is 12.9. The summed E-state index contributed by atoms with van der Waals surface area (Å²) in [5, 5.41) is 5.71. The van der Waals surface area contributed by atoms with Crippen LogP contribution in [-0.2, 0) is 11.3 Å². The van der Waals surface area contributed by atoms with Crippen molar-refractivity contribution in [3.05, 3.63) is 88.8 Å². The van der Waals surface area contributed by atoms with E-state index in [1.807, 2.05) is 53.4 Å². The number of piperidine rings is 1. The van der Waals surface area contributed by atoms with E-state index in [1.165, 1.54) is 6.07 Å². The number of amides is 3. The zero-order valence-electron chi connectivity index (χ0n) is 18.6. The van der Waals surface area contributed by atoms with Crippen molar-refractivity contribution in [1.82, 2.24) is 9.47 Å². The van der Waals surface area contributed by atoms with Gasteiger partial charge in [-0.2, -0.15) is 0 Å². The van der Waals surface area contributed by atoms with Crippen LogP contribution in [0.1, 0.15) is 18.0 Å². The van der Waals surface area contributed by atoms with Gasteiger partial charge in [-0.25, -0.2) is 4.79 Å². The Morgan fingerprint density at radius 3 is 2.38 bits per heavy atom. The van der Waals surface area contributed by atoms with E-state index in [4.69, 9.17) is 4.74 Å². The molecule has 1 saturated heterocycles. The minimum Gasteiger partial charge on any atom is -0.484 e. The van der Waals surface area contributed by atoms with Gasteiger partial charge in [-0.15, -0.1) is 0 Å². The quantitative estimate of drug-likeness (QED) is 0.612. The standard InChI is InChI=1S/C26H26N4O4/c31-23-12-11-22(28-26(33)27-20-7-3-1-4-8-20)25-19-13-18(15-30(23)25)14-29(16-19)24(32)17-34-21-9-5-2-6-10-21/h1-12,18-19H,13-17H2,(H2,27,28,33)/t18-,19-/m0/s1. The van der Waals surface area contributed by atoms with Crippen molar-refractivity contribution in [1.29, 1.82) is 0 Å². The number of urea groups is 1. The molecule has 0 aliphatic carbocycles. The van der Waals surface area contributed by atoms with Crippen molar-refractivity contribution in [3.63, 3.8) is 0 Å². The third-order valence-corrected chi connectivity index (χ3v) is 6.33. The fourth-order valence-electron chi connectivity index (χ4n) is 4.88. The predicted octanol–water partition coefficient (Wildman–Crippen LogP) is 3.52. The molecule has 3 heterocycles. The molecule has 2 N–H and O–H groups in total. The zero-order valence-corrected chi connectivity index (χ0v) is 18.6. The maximum Gasteiger partial charge on any atom is 0.323 e. The van der Waals surface area contributed by atoms with Crippen LogP contribution >= 0.6 is 0 Å². The number of anilines is 2. The first-order valence-corrected chi connectivity index (χ1v) is 11.4. The van der Waals surface area contributed by atoms with Crippen LogP contribution in [-0.4, -0.2) is 41.1 Å². The Kier molecular flexibility index (Phi) is 6.03. The second-order valence-electron chi connectivity index (χ2n) is 8.73. The summed E-state index contributed by atoms with van der Waals surface area (Å²) in [5.41, 5.74) is 1.94.